The van der Waals surface area contributed by atoms with Gasteiger partial charge in [0.05, 0.1) is 12.0 Å². The third kappa shape index (κ3) is 3.05. The van der Waals surface area contributed by atoms with Crippen LogP contribution in [0.4, 0.5) is 0 Å². The molecular weight excluding hydrogens is 264 g/mol. The molecule has 0 atom stereocenters. The molecule has 1 heterocycles. The second-order valence-corrected chi connectivity index (χ2v) is 6.35. The highest BCUT2D eigenvalue weighted by Gasteiger charge is 2.41. The van der Waals surface area contributed by atoms with Gasteiger partial charge >= 0.3 is 0 Å². The largest absolute Gasteiger partial charge is 0.508 e. The monoisotopic (exact) mass is 288 g/mol. The van der Waals surface area contributed by atoms with Gasteiger partial charge < -0.3 is 15.3 Å². The molecule has 1 saturated heterocycles. The van der Waals surface area contributed by atoms with Crippen molar-refractivity contribution >= 4 is 5.91 Å². The quantitative estimate of drug-likeness (QED) is 0.876. The molecule has 1 spiro atoms. The number of carbonyl (C=O) groups excluding carboxylic acids is 1. The van der Waals surface area contributed by atoms with Crippen molar-refractivity contribution in [2.24, 2.45) is 0 Å². The predicted molar refractivity (Wildman–Crippen MR) is 82.2 cm³/mol. The van der Waals surface area contributed by atoms with E-state index in [0.29, 0.717) is 6.42 Å². The summed E-state index contributed by atoms with van der Waals surface area (Å²) in [6.07, 6.45) is 6.35. The first-order valence-electron chi connectivity index (χ1n) is 7.99. The van der Waals surface area contributed by atoms with Crippen LogP contribution in [0.15, 0.2) is 24.3 Å². The van der Waals surface area contributed by atoms with E-state index < -0.39 is 0 Å². The standard InChI is InChI=1S/C17H24N2O2/c20-15-6-4-5-14(11-15)12-16(21)19-10-9-18-13-17(19)7-2-1-3-8-17/h4-6,11,18,20H,1-3,7-10,12-13H2. The second-order valence-electron chi connectivity index (χ2n) is 6.35. The Bertz CT molecular complexity index is 501. The summed E-state index contributed by atoms with van der Waals surface area (Å²) in [5.74, 6) is 0.428. The van der Waals surface area contributed by atoms with E-state index >= 15 is 0 Å². The van der Waals surface area contributed by atoms with Gasteiger partial charge in [-0.2, -0.15) is 0 Å². The van der Waals surface area contributed by atoms with E-state index in [1.165, 1.54) is 19.3 Å². The van der Waals surface area contributed by atoms with Crippen molar-refractivity contribution in [2.45, 2.75) is 44.1 Å². The van der Waals surface area contributed by atoms with Crippen LogP contribution in [-0.4, -0.2) is 41.1 Å². The summed E-state index contributed by atoms with van der Waals surface area (Å²) in [4.78, 5) is 14.9. The number of nitrogens with one attached hydrogen (secondary N) is 1. The highest BCUT2D eigenvalue weighted by molar-refractivity contribution is 5.80. The van der Waals surface area contributed by atoms with Gasteiger partial charge in [-0.25, -0.2) is 0 Å². The SMILES string of the molecule is O=C(Cc1cccc(O)c1)N1CCNCC12CCCCC2. The van der Waals surface area contributed by atoms with Crippen LogP contribution < -0.4 is 5.32 Å². The third-order valence-electron chi connectivity index (χ3n) is 4.89. The molecule has 1 aromatic rings. The first kappa shape index (κ1) is 14.4. The van der Waals surface area contributed by atoms with Crippen LogP contribution in [0.2, 0.25) is 0 Å². The van der Waals surface area contributed by atoms with Crippen LogP contribution in [-0.2, 0) is 11.2 Å². The first-order valence-corrected chi connectivity index (χ1v) is 7.99. The van der Waals surface area contributed by atoms with Gasteiger partial charge in [0.25, 0.3) is 0 Å². The summed E-state index contributed by atoms with van der Waals surface area (Å²) < 4.78 is 0. The van der Waals surface area contributed by atoms with Crippen LogP contribution in [0, 0.1) is 0 Å². The normalized spacial score (nSPS) is 21.4. The minimum Gasteiger partial charge on any atom is -0.508 e. The Morgan fingerprint density at radius 1 is 1.29 bits per heavy atom. The number of hydrogen-bond acceptors (Lipinski definition) is 3. The number of piperazine rings is 1. The van der Waals surface area contributed by atoms with Crippen molar-refractivity contribution in [3.63, 3.8) is 0 Å². The van der Waals surface area contributed by atoms with Gasteiger partial charge in [0.15, 0.2) is 0 Å². The average molecular weight is 288 g/mol. The molecule has 4 heteroatoms. The molecule has 1 saturated carbocycles. The van der Waals surface area contributed by atoms with E-state index in [-0.39, 0.29) is 17.2 Å². The molecule has 114 valence electrons. The Hall–Kier alpha value is -1.55. The lowest BCUT2D eigenvalue weighted by Gasteiger charge is -2.50. The zero-order chi connectivity index (χ0) is 14.7. The number of nitrogens with zero attached hydrogens (tertiary/aromatic N) is 1. The zero-order valence-corrected chi connectivity index (χ0v) is 12.5. The molecule has 0 bridgehead atoms. The van der Waals surface area contributed by atoms with Gasteiger partial charge in [-0.3, -0.25) is 4.79 Å². The van der Waals surface area contributed by atoms with Crippen LogP contribution in [0.25, 0.3) is 0 Å². The minimum atomic E-state index is 0.0322. The number of amides is 1. The number of carbonyl (C=O) groups is 1. The van der Waals surface area contributed by atoms with E-state index in [1.807, 2.05) is 6.07 Å². The maximum absolute atomic E-state index is 12.8. The zero-order valence-electron chi connectivity index (χ0n) is 12.5. The lowest BCUT2D eigenvalue weighted by atomic mass is 9.78. The Labute approximate surface area is 126 Å². The highest BCUT2D eigenvalue weighted by atomic mass is 16.3. The lowest BCUT2D eigenvalue weighted by Crippen LogP contribution is -2.63. The summed E-state index contributed by atoms with van der Waals surface area (Å²) in [6, 6.07) is 7.04. The molecule has 2 fully saturated rings. The fourth-order valence-corrected chi connectivity index (χ4v) is 3.83. The summed E-state index contributed by atoms with van der Waals surface area (Å²) in [6.45, 7) is 2.62. The summed E-state index contributed by atoms with van der Waals surface area (Å²) in [5.41, 5.74) is 0.925. The second kappa shape index (κ2) is 6.06. The molecule has 4 nitrogen and oxygen atoms in total. The van der Waals surface area contributed by atoms with Crippen molar-refractivity contribution in [1.29, 1.82) is 0 Å². The van der Waals surface area contributed by atoms with Crippen molar-refractivity contribution < 1.29 is 9.90 Å². The molecule has 0 aromatic heterocycles. The van der Waals surface area contributed by atoms with Crippen molar-refractivity contribution in [2.75, 3.05) is 19.6 Å². The molecule has 1 aliphatic carbocycles. The smallest absolute Gasteiger partial charge is 0.227 e. The molecule has 0 unspecified atom stereocenters. The predicted octanol–water partition coefficient (Wildman–Crippen LogP) is 2.07. The third-order valence-corrected chi connectivity index (χ3v) is 4.89. The van der Waals surface area contributed by atoms with Gasteiger partial charge in [-0.05, 0) is 30.5 Å². The maximum atomic E-state index is 12.8. The Kier molecular flexibility index (Phi) is 4.15. The van der Waals surface area contributed by atoms with Gasteiger partial charge in [-0.15, -0.1) is 0 Å². The topological polar surface area (TPSA) is 52.6 Å². The van der Waals surface area contributed by atoms with Gasteiger partial charge in [0, 0.05) is 19.6 Å². The first-order chi connectivity index (χ1) is 10.2. The van der Waals surface area contributed by atoms with Gasteiger partial charge in [-0.1, -0.05) is 31.4 Å². The van der Waals surface area contributed by atoms with Crippen LogP contribution >= 0.6 is 0 Å². The molecule has 2 N–H and O–H groups in total. The van der Waals surface area contributed by atoms with Crippen LogP contribution in [0.1, 0.15) is 37.7 Å². The van der Waals surface area contributed by atoms with Gasteiger partial charge in [0.1, 0.15) is 5.75 Å². The molecule has 3 rings (SSSR count). The van der Waals surface area contributed by atoms with E-state index in [4.69, 9.17) is 0 Å². The highest BCUT2D eigenvalue weighted by Crippen LogP contribution is 2.35. The molecular formula is C17H24N2O2. The summed E-state index contributed by atoms with van der Waals surface area (Å²) in [7, 11) is 0. The fraction of sp³-hybridized carbons (Fsp3) is 0.588. The molecule has 1 aliphatic heterocycles. The molecule has 21 heavy (non-hydrogen) atoms. The fourth-order valence-electron chi connectivity index (χ4n) is 3.83. The number of phenols is 1. The van der Waals surface area contributed by atoms with Crippen molar-refractivity contribution in [3.8, 4) is 5.75 Å². The molecule has 1 amide bonds. The number of aromatic hydroxyl groups is 1. The van der Waals surface area contributed by atoms with Crippen molar-refractivity contribution in [3.05, 3.63) is 29.8 Å². The summed E-state index contributed by atoms with van der Waals surface area (Å²) in [5, 5.41) is 13.0. The van der Waals surface area contributed by atoms with E-state index in [1.54, 1.807) is 18.2 Å². The molecule has 1 aromatic carbocycles. The number of benzene rings is 1. The van der Waals surface area contributed by atoms with Crippen molar-refractivity contribution in [1.82, 2.24) is 10.2 Å². The van der Waals surface area contributed by atoms with Crippen LogP contribution in [0.5, 0.6) is 5.75 Å². The average Bonchev–Trinajstić information content (AvgIpc) is 2.48. The summed E-state index contributed by atoms with van der Waals surface area (Å²) >= 11 is 0. The number of phenolic OH excluding ortho intramolecular Hbond substituents is 1. The Balaban J connectivity index is 1.75. The Morgan fingerprint density at radius 3 is 2.86 bits per heavy atom. The minimum absolute atomic E-state index is 0.0322. The Morgan fingerprint density at radius 2 is 2.10 bits per heavy atom. The van der Waals surface area contributed by atoms with E-state index in [9.17, 15) is 9.90 Å². The van der Waals surface area contributed by atoms with Crippen LogP contribution in [0.3, 0.4) is 0 Å². The maximum Gasteiger partial charge on any atom is 0.227 e. The number of hydrogen-bond donors (Lipinski definition) is 2. The van der Waals surface area contributed by atoms with E-state index in [0.717, 1.165) is 38.0 Å². The lowest BCUT2D eigenvalue weighted by molar-refractivity contribution is -0.140. The molecule has 0 radical (unpaired) electrons. The van der Waals surface area contributed by atoms with Gasteiger partial charge in [0.2, 0.25) is 5.91 Å². The van der Waals surface area contributed by atoms with E-state index in [2.05, 4.69) is 10.2 Å². The molecule has 2 aliphatic rings. The number of rotatable bonds is 2.